The molecule has 0 saturated heterocycles. The van der Waals surface area contributed by atoms with Crippen LogP contribution in [0.15, 0.2) is 11.0 Å². The molecule has 1 rings (SSSR count). The van der Waals surface area contributed by atoms with E-state index >= 15 is 0 Å². The van der Waals surface area contributed by atoms with Gasteiger partial charge >= 0.3 is 12.1 Å². The lowest BCUT2D eigenvalue weighted by Crippen LogP contribution is -2.33. The predicted molar refractivity (Wildman–Crippen MR) is 104 cm³/mol. The summed E-state index contributed by atoms with van der Waals surface area (Å²) < 4.78 is 51.4. The maximum Gasteiger partial charge on any atom is 0.423 e. The minimum absolute atomic E-state index is 0.0331. The van der Waals surface area contributed by atoms with Crippen molar-refractivity contribution in [1.29, 1.82) is 0 Å². The molecule has 12 heteroatoms. The standard InChI is InChI=1S/C17H28F3N3O5Si/c1-12(9-14(24)25)28-6-5-21-13-10-22-23(11-27-7-8-29(2,3)4)16(26)15(13)17(18,19)20/h10,12,21H,5-9,11H2,1-4H3,(H,24,25). The molecule has 1 unspecified atom stereocenters. The summed E-state index contributed by atoms with van der Waals surface area (Å²) in [5.41, 5.74) is -3.12. The van der Waals surface area contributed by atoms with Gasteiger partial charge in [0.1, 0.15) is 12.3 Å². The Kier molecular flexibility index (Phi) is 9.30. The van der Waals surface area contributed by atoms with E-state index in [1.165, 1.54) is 0 Å². The number of halogens is 3. The Morgan fingerprint density at radius 2 is 2.00 bits per heavy atom. The molecule has 1 heterocycles. The first kappa shape index (κ1) is 25.1. The molecule has 1 atom stereocenters. The third-order valence-electron chi connectivity index (χ3n) is 3.82. The zero-order valence-corrected chi connectivity index (χ0v) is 18.0. The summed E-state index contributed by atoms with van der Waals surface area (Å²) in [4.78, 5) is 22.8. The van der Waals surface area contributed by atoms with E-state index in [0.29, 0.717) is 11.3 Å². The van der Waals surface area contributed by atoms with Crippen molar-refractivity contribution in [3.63, 3.8) is 0 Å². The smallest absolute Gasteiger partial charge is 0.423 e. The van der Waals surface area contributed by atoms with Gasteiger partial charge in [-0.25, -0.2) is 4.68 Å². The summed E-state index contributed by atoms with van der Waals surface area (Å²) in [6.07, 6.45) is -4.76. The number of carboxylic acids is 1. The molecule has 29 heavy (non-hydrogen) atoms. The molecule has 0 aromatic carbocycles. The lowest BCUT2D eigenvalue weighted by atomic mass is 10.2. The summed E-state index contributed by atoms with van der Waals surface area (Å²) in [5.74, 6) is -1.04. The van der Waals surface area contributed by atoms with Crippen molar-refractivity contribution in [3.05, 3.63) is 22.1 Å². The van der Waals surface area contributed by atoms with Gasteiger partial charge in [0.2, 0.25) is 0 Å². The molecule has 0 aliphatic heterocycles. The summed E-state index contributed by atoms with van der Waals surface area (Å²) in [6.45, 7) is 7.85. The number of aromatic nitrogens is 2. The SMILES string of the molecule is CC(CC(=O)O)OCCNc1cnn(COCC[Si](C)(C)C)c(=O)c1C(F)(F)F. The van der Waals surface area contributed by atoms with Gasteiger partial charge in [0, 0.05) is 21.2 Å². The normalized spacial score (nSPS) is 13.3. The molecular formula is C17H28F3N3O5Si. The van der Waals surface area contributed by atoms with Crippen molar-refractivity contribution in [2.45, 2.75) is 58.0 Å². The van der Waals surface area contributed by atoms with Crippen molar-refractivity contribution in [1.82, 2.24) is 9.78 Å². The Morgan fingerprint density at radius 3 is 2.55 bits per heavy atom. The van der Waals surface area contributed by atoms with E-state index in [4.69, 9.17) is 14.6 Å². The zero-order valence-electron chi connectivity index (χ0n) is 17.0. The first-order chi connectivity index (χ1) is 13.3. The molecule has 0 fully saturated rings. The third kappa shape index (κ3) is 9.41. The van der Waals surface area contributed by atoms with Crippen LogP contribution < -0.4 is 10.9 Å². The van der Waals surface area contributed by atoms with Crippen LogP contribution in [0.3, 0.4) is 0 Å². The summed E-state index contributed by atoms with van der Waals surface area (Å²) in [5, 5.41) is 14.9. The number of aliphatic carboxylic acids is 1. The van der Waals surface area contributed by atoms with Crippen molar-refractivity contribution < 1.29 is 32.5 Å². The number of carbonyl (C=O) groups is 1. The van der Waals surface area contributed by atoms with E-state index < -0.39 is 43.1 Å². The average Bonchev–Trinajstić information content (AvgIpc) is 2.54. The van der Waals surface area contributed by atoms with Crippen LogP contribution in [-0.2, 0) is 27.2 Å². The van der Waals surface area contributed by atoms with E-state index in [1.807, 2.05) is 0 Å². The Hall–Kier alpha value is -1.92. The van der Waals surface area contributed by atoms with Crippen LogP contribution in [0.1, 0.15) is 18.9 Å². The van der Waals surface area contributed by atoms with E-state index in [-0.39, 0.29) is 26.3 Å². The summed E-state index contributed by atoms with van der Waals surface area (Å²) in [7, 11) is -1.36. The van der Waals surface area contributed by atoms with Crippen molar-refractivity contribution in [2.75, 3.05) is 25.1 Å². The highest BCUT2D eigenvalue weighted by atomic mass is 28.3. The molecule has 8 nitrogen and oxygen atoms in total. The highest BCUT2D eigenvalue weighted by molar-refractivity contribution is 6.76. The molecule has 1 aromatic heterocycles. The number of rotatable bonds is 12. The molecule has 2 N–H and O–H groups in total. The first-order valence-electron chi connectivity index (χ1n) is 9.13. The van der Waals surface area contributed by atoms with Crippen molar-refractivity contribution >= 4 is 19.7 Å². The monoisotopic (exact) mass is 439 g/mol. The number of alkyl halides is 3. The van der Waals surface area contributed by atoms with Gasteiger partial charge in [-0.3, -0.25) is 9.59 Å². The first-order valence-corrected chi connectivity index (χ1v) is 12.8. The second kappa shape index (κ2) is 10.7. The fraction of sp³-hybridized carbons (Fsp3) is 0.706. The highest BCUT2D eigenvalue weighted by Gasteiger charge is 2.38. The number of anilines is 1. The van der Waals surface area contributed by atoms with Gasteiger partial charge in [0.05, 0.1) is 31.0 Å². The topological polar surface area (TPSA) is 103 Å². The fourth-order valence-corrected chi connectivity index (χ4v) is 3.03. The molecule has 0 amide bonds. The molecule has 1 aromatic rings. The molecule has 0 radical (unpaired) electrons. The van der Waals surface area contributed by atoms with E-state index in [9.17, 15) is 22.8 Å². The minimum Gasteiger partial charge on any atom is -0.481 e. The Labute approximate surface area is 168 Å². The van der Waals surface area contributed by atoms with Gasteiger partial charge in [-0.15, -0.1) is 0 Å². The van der Waals surface area contributed by atoms with Crippen molar-refractivity contribution in [3.8, 4) is 0 Å². The molecule has 0 bridgehead atoms. The Bertz CT molecular complexity index is 734. The molecule has 0 saturated carbocycles. The van der Waals surface area contributed by atoms with Crippen molar-refractivity contribution in [2.24, 2.45) is 0 Å². The summed E-state index contributed by atoms with van der Waals surface area (Å²) >= 11 is 0. The molecule has 166 valence electrons. The van der Waals surface area contributed by atoms with Crippen LogP contribution in [-0.4, -0.2) is 54.8 Å². The second-order valence-electron chi connectivity index (χ2n) is 7.79. The maximum absolute atomic E-state index is 13.4. The largest absolute Gasteiger partial charge is 0.481 e. The van der Waals surface area contributed by atoms with Crippen LogP contribution >= 0.6 is 0 Å². The fourth-order valence-electron chi connectivity index (χ4n) is 2.27. The second-order valence-corrected chi connectivity index (χ2v) is 13.4. The summed E-state index contributed by atoms with van der Waals surface area (Å²) in [6, 6.07) is 0.813. The third-order valence-corrected chi connectivity index (χ3v) is 5.52. The van der Waals surface area contributed by atoms with Crippen LogP contribution in [0.25, 0.3) is 0 Å². The van der Waals surface area contributed by atoms with Crippen LogP contribution in [0.4, 0.5) is 18.9 Å². The van der Waals surface area contributed by atoms with Crippen LogP contribution in [0.5, 0.6) is 0 Å². The average molecular weight is 440 g/mol. The minimum atomic E-state index is -4.88. The van der Waals surface area contributed by atoms with Gasteiger partial charge in [-0.1, -0.05) is 19.6 Å². The van der Waals surface area contributed by atoms with E-state index in [2.05, 4.69) is 30.1 Å². The molecule has 0 aliphatic carbocycles. The zero-order chi connectivity index (χ0) is 22.2. The van der Waals surface area contributed by atoms with Gasteiger partial charge < -0.3 is 19.9 Å². The number of ether oxygens (including phenoxy) is 2. The maximum atomic E-state index is 13.4. The number of nitrogens with one attached hydrogen (secondary N) is 1. The Morgan fingerprint density at radius 1 is 1.34 bits per heavy atom. The molecular weight excluding hydrogens is 411 g/mol. The predicted octanol–water partition coefficient (Wildman–Crippen LogP) is 2.87. The lowest BCUT2D eigenvalue weighted by molar-refractivity contribution is -0.140. The van der Waals surface area contributed by atoms with Crippen LogP contribution in [0, 0.1) is 0 Å². The Balaban J connectivity index is 2.77. The highest BCUT2D eigenvalue weighted by Crippen LogP contribution is 2.31. The molecule has 0 aliphatic rings. The van der Waals surface area contributed by atoms with E-state index in [1.54, 1.807) is 6.92 Å². The van der Waals surface area contributed by atoms with E-state index in [0.717, 1.165) is 12.2 Å². The number of carboxylic acid groups (broad SMARTS) is 1. The van der Waals surface area contributed by atoms with Gasteiger partial charge in [-0.05, 0) is 13.0 Å². The van der Waals surface area contributed by atoms with Gasteiger partial charge in [0.15, 0.2) is 0 Å². The number of hydrogen-bond acceptors (Lipinski definition) is 6. The van der Waals surface area contributed by atoms with Gasteiger partial charge in [-0.2, -0.15) is 18.3 Å². The van der Waals surface area contributed by atoms with Crippen LogP contribution in [0.2, 0.25) is 25.7 Å². The number of nitrogens with zero attached hydrogens (tertiary/aromatic N) is 2. The quantitative estimate of drug-likeness (QED) is 0.381. The number of hydrogen-bond donors (Lipinski definition) is 2. The molecule has 0 spiro atoms. The van der Waals surface area contributed by atoms with Gasteiger partial charge in [0.25, 0.3) is 5.56 Å². The lowest BCUT2D eigenvalue weighted by Gasteiger charge is -2.17.